The van der Waals surface area contributed by atoms with Gasteiger partial charge in [0.05, 0.1) is 0 Å². The second-order valence-electron chi connectivity index (χ2n) is 4.17. The smallest absolute Gasteiger partial charge is 0.341 e. The van der Waals surface area contributed by atoms with Crippen LogP contribution in [0.15, 0.2) is 36.4 Å². The first-order valence-corrected chi connectivity index (χ1v) is 5.48. The Morgan fingerprint density at radius 2 is 2.00 bits per heavy atom. The molecule has 1 amide bonds. The summed E-state index contributed by atoms with van der Waals surface area (Å²) < 4.78 is 5.05. The highest BCUT2D eigenvalue weighted by Gasteiger charge is 2.45. The van der Waals surface area contributed by atoms with Crippen LogP contribution in [0.4, 0.5) is 0 Å². The first-order chi connectivity index (χ1) is 8.93. The van der Waals surface area contributed by atoms with Crippen molar-refractivity contribution in [1.29, 1.82) is 0 Å². The Hall–Kier alpha value is -2.63. The van der Waals surface area contributed by atoms with Gasteiger partial charge < -0.3 is 15.2 Å². The fourth-order valence-electron chi connectivity index (χ4n) is 1.83. The van der Waals surface area contributed by atoms with Crippen molar-refractivity contribution in [3.05, 3.63) is 42.0 Å². The zero-order chi connectivity index (χ0) is 14.0. The van der Waals surface area contributed by atoms with Gasteiger partial charge in [0.25, 0.3) is 0 Å². The second-order valence-corrected chi connectivity index (χ2v) is 4.17. The van der Waals surface area contributed by atoms with Crippen molar-refractivity contribution >= 4 is 17.8 Å². The molecule has 0 saturated heterocycles. The molecule has 1 aliphatic heterocycles. The number of ether oxygens (including phenoxy) is 1. The number of hydrogen-bond acceptors (Lipinski definition) is 4. The van der Waals surface area contributed by atoms with Crippen LogP contribution in [0.3, 0.4) is 0 Å². The number of carboxylic acids is 1. The number of carbonyl (C=O) groups excluding carboxylic acids is 2. The van der Waals surface area contributed by atoms with Crippen LogP contribution in [0.25, 0.3) is 0 Å². The van der Waals surface area contributed by atoms with Gasteiger partial charge in [-0.2, -0.15) is 0 Å². The lowest BCUT2D eigenvalue weighted by atomic mass is 9.93. The van der Waals surface area contributed by atoms with Crippen molar-refractivity contribution in [2.75, 3.05) is 0 Å². The molecule has 98 valence electrons. The first-order valence-electron chi connectivity index (χ1n) is 5.48. The third-order valence-corrected chi connectivity index (χ3v) is 2.79. The summed E-state index contributed by atoms with van der Waals surface area (Å²) in [7, 11) is 0. The fourth-order valence-corrected chi connectivity index (χ4v) is 1.83. The molecule has 2 rings (SSSR count). The van der Waals surface area contributed by atoms with Gasteiger partial charge in [-0.05, 0) is 13.0 Å². The van der Waals surface area contributed by atoms with Crippen molar-refractivity contribution < 1.29 is 24.2 Å². The molecule has 0 radical (unpaired) electrons. The molecule has 1 atom stereocenters. The molecule has 0 aliphatic carbocycles. The maximum Gasteiger partial charge on any atom is 0.341 e. The normalized spacial score (nSPS) is 21.0. The average molecular weight is 261 g/mol. The molecule has 1 aromatic rings. The summed E-state index contributed by atoms with van der Waals surface area (Å²) in [5.74, 6) is -2.14. The zero-order valence-electron chi connectivity index (χ0n) is 10.0. The lowest BCUT2D eigenvalue weighted by Crippen LogP contribution is -2.47. The Kier molecular flexibility index (Phi) is 3.08. The minimum Gasteiger partial charge on any atom is -0.478 e. The van der Waals surface area contributed by atoms with Gasteiger partial charge in [-0.25, -0.2) is 9.59 Å². The van der Waals surface area contributed by atoms with E-state index in [0.29, 0.717) is 17.4 Å². The van der Waals surface area contributed by atoms with Gasteiger partial charge in [-0.15, -0.1) is 0 Å². The molecule has 6 nitrogen and oxygen atoms in total. The van der Waals surface area contributed by atoms with Crippen LogP contribution in [0.5, 0.6) is 5.75 Å². The van der Waals surface area contributed by atoms with E-state index in [1.807, 2.05) is 0 Å². The van der Waals surface area contributed by atoms with Crippen LogP contribution in [0.2, 0.25) is 0 Å². The van der Waals surface area contributed by atoms with E-state index in [2.05, 4.69) is 5.32 Å². The minimum atomic E-state index is -1.31. The summed E-state index contributed by atoms with van der Waals surface area (Å²) in [5, 5.41) is 10.9. The molecule has 1 aromatic carbocycles. The maximum absolute atomic E-state index is 11.8. The largest absolute Gasteiger partial charge is 0.478 e. The van der Waals surface area contributed by atoms with Crippen molar-refractivity contribution in [3.63, 3.8) is 0 Å². The number of fused-ring (bicyclic) bond motifs is 1. The number of amides is 1. The Morgan fingerprint density at radius 1 is 1.32 bits per heavy atom. The van der Waals surface area contributed by atoms with E-state index in [9.17, 15) is 14.4 Å². The zero-order valence-corrected chi connectivity index (χ0v) is 10.0. The lowest BCUT2D eigenvalue weighted by molar-refractivity contribution is -0.141. The summed E-state index contributed by atoms with van der Waals surface area (Å²) in [6.07, 6.45) is 1.55. The molecule has 0 bridgehead atoms. The predicted molar refractivity (Wildman–Crippen MR) is 64.3 cm³/mol. The van der Waals surface area contributed by atoms with E-state index >= 15 is 0 Å². The van der Waals surface area contributed by atoms with Gasteiger partial charge in [0.1, 0.15) is 5.75 Å². The number of rotatable bonds is 3. The molecule has 1 heterocycles. The van der Waals surface area contributed by atoms with E-state index in [1.54, 1.807) is 24.3 Å². The summed E-state index contributed by atoms with van der Waals surface area (Å²) in [4.78, 5) is 33.8. The number of nitrogens with one attached hydrogen (secondary N) is 1. The third-order valence-electron chi connectivity index (χ3n) is 2.79. The SMILES string of the molecule is C[C@]1(NC(=O)/C=C/C(=O)O)C(=O)Oc2ccccc21. The molecule has 0 saturated carbocycles. The molecule has 0 aromatic heterocycles. The first kappa shape index (κ1) is 12.8. The molecule has 0 spiro atoms. The number of carbonyl (C=O) groups is 3. The highest BCUT2D eigenvalue weighted by molar-refractivity contribution is 5.99. The van der Waals surface area contributed by atoms with Gasteiger partial charge >= 0.3 is 11.9 Å². The van der Waals surface area contributed by atoms with Crippen LogP contribution >= 0.6 is 0 Å². The van der Waals surface area contributed by atoms with Gasteiger partial charge in [0.2, 0.25) is 5.91 Å². The number of aliphatic carboxylic acids is 1. The summed E-state index contributed by atoms with van der Waals surface area (Å²) >= 11 is 0. The van der Waals surface area contributed by atoms with Crippen LogP contribution in [-0.2, 0) is 19.9 Å². The van der Waals surface area contributed by atoms with Crippen LogP contribution < -0.4 is 10.1 Å². The Bertz CT molecular complexity index is 592. The maximum atomic E-state index is 11.8. The molecule has 6 heteroatoms. The highest BCUT2D eigenvalue weighted by atomic mass is 16.5. The standard InChI is InChI=1S/C13H11NO5/c1-13(14-10(15)6-7-11(16)17)8-4-2-3-5-9(8)19-12(13)18/h2-7H,1H3,(H,14,15)(H,16,17)/b7-6+/t13-/m1/s1. The number of hydrogen-bond donors (Lipinski definition) is 2. The monoisotopic (exact) mass is 261 g/mol. The summed E-state index contributed by atoms with van der Waals surface area (Å²) in [5.41, 5.74) is -0.770. The number of carboxylic acid groups (broad SMARTS) is 1. The van der Waals surface area contributed by atoms with Gasteiger partial charge in [0, 0.05) is 17.7 Å². The van der Waals surface area contributed by atoms with Gasteiger partial charge in [-0.1, -0.05) is 18.2 Å². The van der Waals surface area contributed by atoms with Crippen LogP contribution in [0, 0.1) is 0 Å². The van der Waals surface area contributed by atoms with Crippen molar-refractivity contribution in [2.24, 2.45) is 0 Å². The predicted octanol–water partition coefficient (Wildman–Crippen LogP) is 0.578. The molecule has 0 unspecified atom stereocenters. The molecule has 19 heavy (non-hydrogen) atoms. The fraction of sp³-hybridized carbons (Fsp3) is 0.154. The lowest BCUT2D eigenvalue weighted by Gasteiger charge is -2.21. The third kappa shape index (κ3) is 2.33. The average Bonchev–Trinajstić information content (AvgIpc) is 2.60. The topological polar surface area (TPSA) is 92.7 Å². The van der Waals surface area contributed by atoms with E-state index in [0.717, 1.165) is 6.08 Å². The molecular weight excluding hydrogens is 250 g/mol. The Labute approximate surface area is 108 Å². The molecule has 1 aliphatic rings. The minimum absolute atomic E-state index is 0.387. The molecule has 0 fully saturated rings. The molecule has 2 N–H and O–H groups in total. The Morgan fingerprint density at radius 3 is 2.68 bits per heavy atom. The van der Waals surface area contributed by atoms with Crippen molar-refractivity contribution in [3.8, 4) is 5.75 Å². The number of esters is 1. The number of benzene rings is 1. The quantitative estimate of drug-likeness (QED) is 0.471. The van der Waals surface area contributed by atoms with E-state index < -0.39 is 23.4 Å². The van der Waals surface area contributed by atoms with Crippen LogP contribution in [0.1, 0.15) is 12.5 Å². The second kappa shape index (κ2) is 4.56. The Balaban J connectivity index is 2.26. The highest BCUT2D eigenvalue weighted by Crippen LogP contribution is 2.37. The van der Waals surface area contributed by atoms with Gasteiger partial charge in [-0.3, -0.25) is 4.79 Å². The van der Waals surface area contributed by atoms with Gasteiger partial charge in [0.15, 0.2) is 5.54 Å². The van der Waals surface area contributed by atoms with E-state index in [-0.39, 0.29) is 0 Å². The van der Waals surface area contributed by atoms with Crippen molar-refractivity contribution in [1.82, 2.24) is 5.32 Å². The summed E-state index contributed by atoms with van der Waals surface area (Å²) in [6, 6.07) is 6.72. The van der Waals surface area contributed by atoms with Crippen molar-refractivity contribution in [2.45, 2.75) is 12.5 Å². The number of para-hydroxylation sites is 1. The molecular formula is C13H11NO5. The summed E-state index contributed by atoms with van der Waals surface area (Å²) in [6.45, 7) is 1.51. The van der Waals surface area contributed by atoms with E-state index in [1.165, 1.54) is 6.92 Å². The van der Waals surface area contributed by atoms with E-state index in [4.69, 9.17) is 9.84 Å². The van der Waals surface area contributed by atoms with Crippen LogP contribution in [-0.4, -0.2) is 23.0 Å².